The Morgan fingerprint density at radius 3 is 2.12 bits per heavy atom. The van der Waals surface area contributed by atoms with E-state index in [2.05, 4.69) is 11.9 Å². The van der Waals surface area contributed by atoms with Gasteiger partial charge in [0.15, 0.2) is 0 Å². The molecule has 0 heterocycles. The fraction of sp³-hybridized carbons (Fsp3) is 1.00. The summed E-state index contributed by atoms with van der Waals surface area (Å²) in [7, 11) is 2.33. The van der Waals surface area contributed by atoms with Crippen LogP contribution in [0.15, 0.2) is 0 Å². The Labute approximate surface area is 107 Å². The molecule has 0 amide bonds. The largest absolute Gasteiger partial charge is 0.330 e. The Morgan fingerprint density at radius 2 is 1.59 bits per heavy atom. The highest BCUT2D eigenvalue weighted by Crippen LogP contribution is 2.36. The Hall–Kier alpha value is -0.0800. The monoisotopic (exact) mass is 238 g/mol. The van der Waals surface area contributed by atoms with Gasteiger partial charge in [0.05, 0.1) is 0 Å². The quantitative estimate of drug-likeness (QED) is 0.762. The molecule has 0 saturated heterocycles. The Bertz CT molecular complexity index is 213. The number of nitrogens with two attached hydrogens (primary N) is 1. The maximum Gasteiger partial charge on any atom is 0.00924 e. The Balaban J connectivity index is 1.92. The van der Waals surface area contributed by atoms with E-state index in [0.717, 1.165) is 12.6 Å². The highest BCUT2D eigenvalue weighted by atomic mass is 15.1. The molecule has 100 valence electrons. The first-order valence-corrected chi connectivity index (χ1v) is 7.66. The average molecular weight is 238 g/mol. The average Bonchev–Trinajstić information content (AvgIpc) is 2.78. The summed E-state index contributed by atoms with van der Waals surface area (Å²) in [6.07, 6.45) is 14.1. The molecular weight excluding hydrogens is 208 g/mol. The molecular formula is C15H30N2. The fourth-order valence-corrected chi connectivity index (χ4v) is 3.91. The molecule has 0 atom stereocenters. The predicted octanol–water partition coefficient (Wildman–Crippen LogP) is 3.16. The Morgan fingerprint density at radius 1 is 1.00 bits per heavy atom. The third-order valence-electron chi connectivity index (χ3n) is 5.13. The second-order valence-electron chi connectivity index (χ2n) is 6.47. The van der Waals surface area contributed by atoms with E-state index in [4.69, 9.17) is 5.73 Å². The molecule has 2 aliphatic carbocycles. The van der Waals surface area contributed by atoms with Crippen molar-refractivity contribution in [2.75, 3.05) is 20.1 Å². The van der Waals surface area contributed by atoms with Gasteiger partial charge in [0.25, 0.3) is 0 Å². The van der Waals surface area contributed by atoms with Crippen molar-refractivity contribution in [3.8, 4) is 0 Å². The molecule has 2 N–H and O–H groups in total. The van der Waals surface area contributed by atoms with Crippen molar-refractivity contribution < 1.29 is 0 Å². The van der Waals surface area contributed by atoms with E-state index in [1.54, 1.807) is 0 Å². The van der Waals surface area contributed by atoms with E-state index in [9.17, 15) is 0 Å². The van der Waals surface area contributed by atoms with E-state index in [1.165, 1.54) is 70.8 Å². The van der Waals surface area contributed by atoms with Crippen molar-refractivity contribution in [3.05, 3.63) is 0 Å². The lowest BCUT2D eigenvalue weighted by Crippen LogP contribution is -2.44. The van der Waals surface area contributed by atoms with Crippen LogP contribution >= 0.6 is 0 Å². The van der Waals surface area contributed by atoms with Gasteiger partial charge < -0.3 is 10.6 Å². The van der Waals surface area contributed by atoms with Gasteiger partial charge in [-0.3, -0.25) is 0 Å². The van der Waals surface area contributed by atoms with Gasteiger partial charge in [0.1, 0.15) is 0 Å². The zero-order valence-electron chi connectivity index (χ0n) is 11.6. The molecule has 2 rings (SSSR count). The number of nitrogens with zero attached hydrogens (tertiary/aromatic N) is 1. The first-order chi connectivity index (χ1) is 8.26. The van der Waals surface area contributed by atoms with E-state index in [-0.39, 0.29) is 0 Å². The summed E-state index contributed by atoms with van der Waals surface area (Å²) in [5.74, 6) is 0. The summed E-state index contributed by atoms with van der Waals surface area (Å²) in [6, 6.07) is 0.849. The van der Waals surface area contributed by atoms with Crippen LogP contribution in [-0.2, 0) is 0 Å². The third kappa shape index (κ3) is 3.45. The van der Waals surface area contributed by atoms with Crippen LogP contribution in [0.4, 0.5) is 0 Å². The summed E-state index contributed by atoms with van der Waals surface area (Å²) in [6.45, 7) is 2.14. The van der Waals surface area contributed by atoms with E-state index in [0.29, 0.717) is 5.41 Å². The second kappa shape index (κ2) is 6.19. The summed E-state index contributed by atoms with van der Waals surface area (Å²) >= 11 is 0. The van der Waals surface area contributed by atoms with Crippen molar-refractivity contribution in [2.45, 2.75) is 70.3 Å². The van der Waals surface area contributed by atoms with Crippen LogP contribution in [0.3, 0.4) is 0 Å². The van der Waals surface area contributed by atoms with Gasteiger partial charge in [-0.25, -0.2) is 0 Å². The normalized spacial score (nSPS) is 26.3. The van der Waals surface area contributed by atoms with Crippen LogP contribution in [0.25, 0.3) is 0 Å². The highest BCUT2D eigenvalue weighted by molar-refractivity contribution is 4.87. The molecule has 2 nitrogen and oxygen atoms in total. The minimum atomic E-state index is 0.438. The standard InChI is InChI=1S/C15H30N2/c1-17(14-8-4-5-9-14)13-15(12-16)10-6-2-3-7-11-15/h14H,2-13,16H2,1H3. The lowest BCUT2D eigenvalue weighted by atomic mass is 9.79. The van der Waals surface area contributed by atoms with Crippen LogP contribution in [0.2, 0.25) is 0 Å². The van der Waals surface area contributed by atoms with Gasteiger partial charge in [0, 0.05) is 12.6 Å². The molecule has 2 aliphatic rings. The van der Waals surface area contributed by atoms with Crippen molar-refractivity contribution in [1.82, 2.24) is 4.90 Å². The van der Waals surface area contributed by atoms with Gasteiger partial charge in [-0.2, -0.15) is 0 Å². The van der Waals surface area contributed by atoms with E-state index >= 15 is 0 Å². The Kier molecular flexibility index (Phi) is 4.87. The summed E-state index contributed by atoms with van der Waals surface area (Å²) < 4.78 is 0. The van der Waals surface area contributed by atoms with Crippen molar-refractivity contribution in [1.29, 1.82) is 0 Å². The lowest BCUT2D eigenvalue weighted by Gasteiger charge is -2.38. The van der Waals surface area contributed by atoms with E-state index in [1.807, 2.05) is 0 Å². The second-order valence-corrected chi connectivity index (χ2v) is 6.47. The summed E-state index contributed by atoms with van der Waals surface area (Å²) in [5, 5.41) is 0. The van der Waals surface area contributed by atoms with E-state index < -0.39 is 0 Å². The molecule has 0 bridgehead atoms. The minimum absolute atomic E-state index is 0.438. The minimum Gasteiger partial charge on any atom is -0.330 e. The topological polar surface area (TPSA) is 29.3 Å². The van der Waals surface area contributed by atoms with Crippen molar-refractivity contribution >= 4 is 0 Å². The fourth-order valence-electron chi connectivity index (χ4n) is 3.91. The van der Waals surface area contributed by atoms with Crippen molar-refractivity contribution in [2.24, 2.45) is 11.1 Å². The van der Waals surface area contributed by atoms with Gasteiger partial charge >= 0.3 is 0 Å². The predicted molar refractivity (Wildman–Crippen MR) is 74.1 cm³/mol. The molecule has 2 saturated carbocycles. The molecule has 2 heteroatoms. The molecule has 0 aromatic carbocycles. The molecule has 0 spiro atoms. The zero-order valence-corrected chi connectivity index (χ0v) is 11.6. The SMILES string of the molecule is CN(CC1(CN)CCCCCC1)C1CCCC1. The van der Waals surface area contributed by atoms with Crippen LogP contribution in [0, 0.1) is 5.41 Å². The smallest absolute Gasteiger partial charge is 0.00924 e. The number of rotatable bonds is 4. The molecule has 17 heavy (non-hydrogen) atoms. The summed E-state index contributed by atoms with van der Waals surface area (Å²) in [5.41, 5.74) is 6.57. The van der Waals surface area contributed by atoms with Gasteiger partial charge in [-0.15, -0.1) is 0 Å². The summed E-state index contributed by atoms with van der Waals surface area (Å²) in [4.78, 5) is 2.63. The number of hydrogen-bond acceptors (Lipinski definition) is 2. The molecule has 0 radical (unpaired) electrons. The van der Waals surface area contributed by atoms with Gasteiger partial charge in [-0.1, -0.05) is 38.5 Å². The highest BCUT2D eigenvalue weighted by Gasteiger charge is 2.33. The van der Waals surface area contributed by atoms with Crippen molar-refractivity contribution in [3.63, 3.8) is 0 Å². The molecule has 0 unspecified atom stereocenters. The first kappa shape index (κ1) is 13.4. The van der Waals surface area contributed by atoms with Crippen LogP contribution < -0.4 is 5.73 Å². The first-order valence-electron chi connectivity index (χ1n) is 7.66. The van der Waals surface area contributed by atoms with Crippen LogP contribution in [0.5, 0.6) is 0 Å². The maximum atomic E-state index is 6.13. The number of hydrogen-bond donors (Lipinski definition) is 1. The molecule has 0 aromatic rings. The maximum absolute atomic E-state index is 6.13. The van der Waals surface area contributed by atoms with Gasteiger partial charge in [-0.05, 0) is 44.7 Å². The van der Waals surface area contributed by atoms with Crippen LogP contribution in [-0.4, -0.2) is 31.1 Å². The lowest BCUT2D eigenvalue weighted by molar-refractivity contribution is 0.124. The molecule has 2 fully saturated rings. The van der Waals surface area contributed by atoms with Gasteiger partial charge in [0.2, 0.25) is 0 Å². The molecule has 0 aromatic heterocycles. The zero-order chi connectivity index (χ0) is 12.1. The molecule has 0 aliphatic heterocycles. The third-order valence-corrected chi connectivity index (χ3v) is 5.13. The van der Waals surface area contributed by atoms with Crippen LogP contribution in [0.1, 0.15) is 64.2 Å².